The number of carbonyl (C=O) groups excluding carboxylic acids is 2. The fourth-order valence-corrected chi connectivity index (χ4v) is 7.42. The number of hydrogen-bond donors (Lipinski definition) is 1. The predicted molar refractivity (Wildman–Crippen MR) is 141 cm³/mol. The Morgan fingerprint density at radius 2 is 1.05 bits per heavy atom. The average Bonchev–Trinajstić information content (AvgIpc) is 3.05. The summed E-state index contributed by atoms with van der Waals surface area (Å²) in [6.45, 7) is 12.9. The Labute approximate surface area is 226 Å². The minimum absolute atomic E-state index is 0. The van der Waals surface area contributed by atoms with E-state index in [1.54, 1.807) is 11.8 Å². The van der Waals surface area contributed by atoms with E-state index < -0.39 is 10.1 Å². The summed E-state index contributed by atoms with van der Waals surface area (Å²) in [5.41, 5.74) is 0. The quantitative estimate of drug-likeness (QED) is 0.495. The van der Waals surface area contributed by atoms with E-state index in [1.807, 2.05) is 11.8 Å². The molecule has 0 aromatic carbocycles. The van der Waals surface area contributed by atoms with E-state index in [-0.39, 0.29) is 59.5 Å². The van der Waals surface area contributed by atoms with Gasteiger partial charge < -0.3 is 35.3 Å². The lowest BCUT2D eigenvalue weighted by atomic mass is 9.92. The van der Waals surface area contributed by atoms with Gasteiger partial charge in [0.1, 0.15) is 0 Å². The van der Waals surface area contributed by atoms with Gasteiger partial charge in [-0.05, 0) is 63.2 Å². The number of amides is 2. The van der Waals surface area contributed by atoms with Crippen LogP contribution in [0.1, 0.15) is 67.2 Å². The number of fused-ring (bicyclic) bond motifs is 4. The number of ether oxygens (including phenoxy) is 2. The summed E-state index contributed by atoms with van der Waals surface area (Å²) in [5.74, 6) is 1.54. The van der Waals surface area contributed by atoms with Crippen LogP contribution in [-0.2, 0) is 23.8 Å². The fourth-order valence-electron chi connectivity index (χ4n) is 6.77. The molecular formula is C25H48N2O10S. The summed E-state index contributed by atoms with van der Waals surface area (Å²) in [6, 6.07) is 0.301. The van der Waals surface area contributed by atoms with Gasteiger partial charge in [-0.15, -0.1) is 0 Å². The lowest BCUT2D eigenvalue weighted by molar-refractivity contribution is 0.0196. The minimum Gasteiger partial charge on any atom is -0.450 e. The molecule has 10 atom stereocenters. The van der Waals surface area contributed by atoms with Gasteiger partial charge in [0, 0.05) is 24.2 Å². The van der Waals surface area contributed by atoms with Gasteiger partial charge in [-0.2, -0.15) is 8.42 Å². The predicted octanol–water partition coefficient (Wildman–Crippen LogP) is 1.58. The minimum atomic E-state index is -3.46. The second-order valence-corrected chi connectivity index (χ2v) is 12.5. The number of aliphatic hydroxyl groups is 1. The van der Waals surface area contributed by atoms with Crippen molar-refractivity contribution in [3.05, 3.63) is 0 Å². The molecule has 4 saturated heterocycles. The Kier molecular flexibility index (Phi) is 12.3. The highest BCUT2D eigenvalue weighted by Crippen LogP contribution is 2.45. The van der Waals surface area contributed by atoms with E-state index in [0.717, 1.165) is 6.26 Å². The van der Waals surface area contributed by atoms with Crippen molar-refractivity contribution in [1.82, 2.24) is 9.80 Å². The molecule has 4 heterocycles. The highest BCUT2D eigenvalue weighted by molar-refractivity contribution is 7.86. The molecule has 0 spiro atoms. The van der Waals surface area contributed by atoms with Crippen LogP contribution in [-0.4, -0.2) is 102 Å². The van der Waals surface area contributed by atoms with Crippen molar-refractivity contribution in [3.8, 4) is 0 Å². The monoisotopic (exact) mass is 568 g/mol. The lowest BCUT2D eigenvalue weighted by Crippen LogP contribution is -2.50. The van der Waals surface area contributed by atoms with Gasteiger partial charge in [0.25, 0.3) is 10.1 Å². The maximum Gasteiger partial charge on any atom is 0.410 e. The van der Waals surface area contributed by atoms with E-state index in [4.69, 9.17) is 13.7 Å². The molecule has 0 radical (unpaired) electrons. The number of carbonyl (C=O) groups is 2. The van der Waals surface area contributed by atoms with E-state index in [0.29, 0.717) is 62.6 Å². The van der Waals surface area contributed by atoms with Crippen LogP contribution in [0.5, 0.6) is 0 Å². The summed E-state index contributed by atoms with van der Waals surface area (Å²) < 4.78 is 37.9. The van der Waals surface area contributed by atoms with Gasteiger partial charge in [0.2, 0.25) is 0 Å². The van der Waals surface area contributed by atoms with E-state index in [9.17, 15) is 23.1 Å². The Morgan fingerprint density at radius 3 is 1.34 bits per heavy atom. The molecule has 6 unspecified atom stereocenters. The van der Waals surface area contributed by atoms with E-state index in [1.165, 1.54) is 0 Å². The van der Waals surface area contributed by atoms with Gasteiger partial charge in [0.05, 0.1) is 31.7 Å². The molecule has 5 N–H and O–H groups in total. The van der Waals surface area contributed by atoms with Crippen molar-refractivity contribution >= 4 is 22.3 Å². The van der Waals surface area contributed by atoms with E-state index >= 15 is 0 Å². The Morgan fingerprint density at radius 1 is 0.737 bits per heavy atom. The van der Waals surface area contributed by atoms with Crippen LogP contribution in [0.4, 0.5) is 9.59 Å². The Bertz CT molecular complexity index is 867. The number of piperidine rings is 2. The fraction of sp³-hybridized carbons (Fsp3) is 0.920. The van der Waals surface area contributed by atoms with Crippen molar-refractivity contribution in [2.75, 3.05) is 19.5 Å². The molecule has 0 aliphatic carbocycles. The topological polar surface area (TPSA) is 186 Å². The van der Waals surface area contributed by atoms with Crippen molar-refractivity contribution in [2.24, 2.45) is 23.7 Å². The summed E-state index contributed by atoms with van der Waals surface area (Å²) in [4.78, 5) is 27.6. The van der Waals surface area contributed by atoms with Gasteiger partial charge in [-0.1, -0.05) is 27.7 Å². The molecule has 4 bridgehead atoms. The smallest absolute Gasteiger partial charge is 0.410 e. The Hall–Kier alpha value is -1.67. The Balaban J connectivity index is 0.000000368. The van der Waals surface area contributed by atoms with Crippen LogP contribution in [0.25, 0.3) is 0 Å². The summed E-state index contributed by atoms with van der Waals surface area (Å²) in [6.07, 6.45) is 2.46. The van der Waals surface area contributed by atoms with Crippen LogP contribution < -0.4 is 0 Å². The average molecular weight is 569 g/mol. The molecule has 0 saturated carbocycles. The molecule has 2 amide bonds. The maximum absolute atomic E-state index is 12.1. The van der Waals surface area contributed by atoms with Crippen LogP contribution in [0, 0.1) is 23.7 Å². The van der Waals surface area contributed by atoms with Crippen molar-refractivity contribution in [1.29, 1.82) is 0 Å². The number of rotatable bonds is 4. The molecule has 4 rings (SSSR count). The number of nitrogens with zero attached hydrogens (tertiary/aromatic N) is 2. The SMILES string of the molecule is CCOC(=O)N1C2CC(O)CC1[C@H](C)[C@@H]2C.CCOC(=O)N1C2CC(OS(C)(=O)=O)CC1[C@H](C)[C@@H]2C.O.O. The largest absolute Gasteiger partial charge is 0.450 e. The second-order valence-electron chi connectivity index (χ2n) is 10.9. The molecule has 0 aromatic heterocycles. The molecule has 0 aromatic rings. The highest BCUT2D eigenvalue weighted by Gasteiger charge is 2.53. The van der Waals surface area contributed by atoms with Crippen molar-refractivity contribution in [3.63, 3.8) is 0 Å². The number of aliphatic hydroxyl groups excluding tert-OH is 1. The zero-order valence-corrected chi connectivity index (χ0v) is 24.4. The van der Waals surface area contributed by atoms with Crippen LogP contribution in [0.2, 0.25) is 0 Å². The van der Waals surface area contributed by atoms with Crippen LogP contribution in [0.15, 0.2) is 0 Å². The molecule has 12 nitrogen and oxygen atoms in total. The first-order chi connectivity index (χ1) is 16.8. The molecule has 4 aliphatic rings. The van der Waals surface area contributed by atoms with E-state index in [2.05, 4.69) is 27.7 Å². The molecule has 4 aliphatic heterocycles. The van der Waals surface area contributed by atoms with Crippen molar-refractivity contribution < 1.29 is 47.7 Å². The van der Waals surface area contributed by atoms with Crippen molar-refractivity contribution in [2.45, 2.75) is 104 Å². The first-order valence-electron chi connectivity index (χ1n) is 13.3. The van der Waals surface area contributed by atoms with Crippen LogP contribution in [0.3, 0.4) is 0 Å². The molecule has 224 valence electrons. The molecule has 13 heteroatoms. The third kappa shape index (κ3) is 7.09. The zero-order valence-electron chi connectivity index (χ0n) is 23.6. The molecule has 4 fully saturated rings. The standard InChI is InChI=1S/C13H23NO5S.C12H21NO3.2H2O/c1-5-18-13(15)14-11-6-10(19-20(4,16)17)7-12(14)9(3)8(11)2;1-4-16-12(15)13-10-5-9(14)6-11(13)8(3)7(10)2;;/h8-12H,5-7H2,1-4H3;7-11,14H,4-6H2,1-3H3;2*1H2/t8-,9+,10?,11?,12?;7-,8+,9?,10?,11?;;. The highest BCUT2D eigenvalue weighted by atomic mass is 32.2. The summed E-state index contributed by atoms with van der Waals surface area (Å²) >= 11 is 0. The zero-order chi connectivity index (χ0) is 26.9. The second kappa shape index (κ2) is 13.6. The summed E-state index contributed by atoms with van der Waals surface area (Å²) in [5, 5.41) is 9.78. The summed E-state index contributed by atoms with van der Waals surface area (Å²) in [7, 11) is -3.46. The first kappa shape index (κ1) is 34.4. The lowest BCUT2D eigenvalue weighted by Gasteiger charge is -2.38. The molecule has 38 heavy (non-hydrogen) atoms. The first-order valence-corrected chi connectivity index (χ1v) is 15.1. The third-order valence-corrected chi connectivity index (χ3v) is 9.44. The van der Waals surface area contributed by atoms with Gasteiger partial charge in [-0.25, -0.2) is 9.59 Å². The third-order valence-electron chi connectivity index (χ3n) is 8.82. The normalized spacial score (nSPS) is 37.3. The van der Waals surface area contributed by atoms with Gasteiger partial charge >= 0.3 is 12.2 Å². The van der Waals surface area contributed by atoms with Gasteiger partial charge in [0.15, 0.2) is 0 Å². The molecular weight excluding hydrogens is 520 g/mol. The number of hydrogen-bond acceptors (Lipinski definition) is 8. The van der Waals surface area contributed by atoms with Crippen LogP contribution >= 0.6 is 0 Å². The van der Waals surface area contributed by atoms with Gasteiger partial charge in [-0.3, -0.25) is 4.18 Å². The maximum atomic E-state index is 12.1.